The first-order valence-corrected chi connectivity index (χ1v) is 6.31. The minimum Gasteiger partial charge on any atom is -0.495 e. The van der Waals surface area contributed by atoms with E-state index in [-0.39, 0.29) is 0 Å². The maximum Gasteiger partial charge on any atom is 0.193 e. The number of rotatable bonds is 5. The fourth-order valence-corrected chi connectivity index (χ4v) is 1.63. The topological polar surface area (TPSA) is 59.6 Å². The van der Waals surface area contributed by atoms with Crippen molar-refractivity contribution in [1.82, 2.24) is 0 Å². The second-order valence-corrected chi connectivity index (χ2v) is 4.83. The summed E-state index contributed by atoms with van der Waals surface area (Å²) in [7, 11) is 1.58. The number of nitrogens with zero attached hydrogens (tertiary/aromatic N) is 1. The molecule has 0 amide bonds. The monoisotopic (exact) mass is 269 g/mol. The average Bonchev–Trinajstić information content (AvgIpc) is 2.28. The lowest BCUT2D eigenvalue weighted by Gasteiger charge is -2.08. The molecule has 0 atom stereocenters. The smallest absolute Gasteiger partial charge is 0.193 e. The molecule has 3 N–H and O–H groups in total. The number of halogens is 1. The molecule has 0 radical (unpaired) electrons. The first-order chi connectivity index (χ1) is 8.52. The van der Waals surface area contributed by atoms with E-state index in [1.54, 1.807) is 19.2 Å². The molecule has 0 aliphatic heterocycles. The third kappa shape index (κ3) is 4.84. The summed E-state index contributed by atoms with van der Waals surface area (Å²) in [6, 6.07) is 5.38. The van der Waals surface area contributed by atoms with Gasteiger partial charge in [-0.1, -0.05) is 25.4 Å². The van der Waals surface area contributed by atoms with Gasteiger partial charge < -0.3 is 15.8 Å². The molecule has 0 heterocycles. The van der Waals surface area contributed by atoms with E-state index in [1.165, 1.54) is 0 Å². The van der Waals surface area contributed by atoms with Crippen LogP contribution >= 0.6 is 11.6 Å². The minimum absolute atomic E-state index is 0.400. The number of ether oxygens (including phenoxy) is 1. The summed E-state index contributed by atoms with van der Waals surface area (Å²) in [6.45, 7) is 5.03. The molecule has 0 fully saturated rings. The van der Waals surface area contributed by atoms with Crippen molar-refractivity contribution in [3.63, 3.8) is 0 Å². The van der Waals surface area contributed by atoms with Gasteiger partial charge in [-0.2, -0.15) is 0 Å². The quantitative estimate of drug-likeness (QED) is 0.638. The summed E-state index contributed by atoms with van der Waals surface area (Å²) in [5, 5.41) is 3.53. The van der Waals surface area contributed by atoms with Crippen LogP contribution in [-0.4, -0.2) is 19.6 Å². The van der Waals surface area contributed by atoms with E-state index in [0.717, 1.165) is 18.7 Å². The van der Waals surface area contributed by atoms with Gasteiger partial charge in [0.25, 0.3) is 0 Å². The second-order valence-electron chi connectivity index (χ2n) is 4.42. The summed E-state index contributed by atoms with van der Waals surface area (Å²) in [5.74, 6) is 1.66. The molecule has 100 valence electrons. The van der Waals surface area contributed by atoms with Gasteiger partial charge in [-0.25, -0.2) is 0 Å². The highest BCUT2D eigenvalue weighted by Gasteiger charge is 2.02. The van der Waals surface area contributed by atoms with Crippen LogP contribution in [0.3, 0.4) is 0 Å². The van der Waals surface area contributed by atoms with E-state index in [1.807, 2.05) is 6.07 Å². The van der Waals surface area contributed by atoms with Gasteiger partial charge in [0, 0.05) is 12.2 Å². The van der Waals surface area contributed by atoms with Crippen LogP contribution in [0.1, 0.15) is 20.3 Å². The van der Waals surface area contributed by atoms with Crippen molar-refractivity contribution < 1.29 is 4.74 Å². The molecule has 0 saturated heterocycles. The molecule has 0 aromatic heterocycles. The Morgan fingerprint density at radius 2 is 2.22 bits per heavy atom. The lowest BCUT2D eigenvalue weighted by molar-refractivity contribution is 0.415. The predicted octanol–water partition coefficient (Wildman–Crippen LogP) is 3.12. The van der Waals surface area contributed by atoms with Crippen molar-refractivity contribution >= 4 is 23.2 Å². The number of anilines is 1. The molecule has 0 spiro atoms. The van der Waals surface area contributed by atoms with Gasteiger partial charge in [-0.05, 0) is 30.5 Å². The number of guanidine groups is 1. The van der Waals surface area contributed by atoms with Crippen molar-refractivity contribution in [3.8, 4) is 5.75 Å². The number of nitrogens with two attached hydrogens (primary N) is 1. The third-order valence-corrected chi connectivity index (χ3v) is 2.71. The van der Waals surface area contributed by atoms with E-state index in [4.69, 9.17) is 22.1 Å². The molecule has 4 nitrogen and oxygen atoms in total. The van der Waals surface area contributed by atoms with Crippen LogP contribution in [0.25, 0.3) is 0 Å². The fourth-order valence-electron chi connectivity index (χ4n) is 1.37. The van der Waals surface area contributed by atoms with Crippen molar-refractivity contribution in [2.75, 3.05) is 19.0 Å². The molecule has 0 bridgehead atoms. The SMILES string of the molecule is COc1ccc(NC(N)=NCCC(C)C)cc1Cl. The molecule has 0 saturated carbocycles. The van der Waals surface area contributed by atoms with Crippen molar-refractivity contribution in [3.05, 3.63) is 23.2 Å². The predicted molar refractivity (Wildman–Crippen MR) is 77.6 cm³/mol. The van der Waals surface area contributed by atoms with Crippen molar-refractivity contribution in [1.29, 1.82) is 0 Å². The van der Waals surface area contributed by atoms with E-state index >= 15 is 0 Å². The molecule has 1 aromatic carbocycles. The van der Waals surface area contributed by atoms with Gasteiger partial charge in [0.1, 0.15) is 5.75 Å². The Morgan fingerprint density at radius 3 is 2.78 bits per heavy atom. The molecule has 1 aromatic rings. The van der Waals surface area contributed by atoms with Crippen molar-refractivity contribution in [2.45, 2.75) is 20.3 Å². The zero-order valence-corrected chi connectivity index (χ0v) is 11.8. The largest absolute Gasteiger partial charge is 0.495 e. The molecule has 0 aliphatic rings. The maximum absolute atomic E-state index is 6.01. The number of benzene rings is 1. The van der Waals surface area contributed by atoms with E-state index in [0.29, 0.717) is 22.6 Å². The van der Waals surface area contributed by atoms with Crippen molar-refractivity contribution in [2.24, 2.45) is 16.6 Å². The summed E-state index contributed by atoms with van der Waals surface area (Å²) in [4.78, 5) is 4.24. The first kappa shape index (κ1) is 14.6. The maximum atomic E-state index is 6.01. The molecule has 0 aliphatic carbocycles. The first-order valence-electron chi connectivity index (χ1n) is 5.93. The van der Waals surface area contributed by atoms with E-state index < -0.39 is 0 Å². The van der Waals surface area contributed by atoms with Gasteiger partial charge in [-0.3, -0.25) is 4.99 Å². The van der Waals surface area contributed by atoms with Gasteiger partial charge in [0.05, 0.1) is 12.1 Å². The lowest BCUT2D eigenvalue weighted by atomic mass is 10.1. The van der Waals surface area contributed by atoms with Gasteiger partial charge >= 0.3 is 0 Å². The number of nitrogens with one attached hydrogen (secondary N) is 1. The summed E-state index contributed by atoms with van der Waals surface area (Å²) >= 11 is 6.01. The van der Waals surface area contributed by atoms with E-state index in [2.05, 4.69) is 24.2 Å². The highest BCUT2D eigenvalue weighted by Crippen LogP contribution is 2.26. The highest BCUT2D eigenvalue weighted by molar-refractivity contribution is 6.32. The molecule has 18 heavy (non-hydrogen) atoms. The molecular formula is C13H20ClN3O. The molecule has 5 heteroatoms. The Hall–Kier alpha value is -1.42. The Kier molecular flexibility index (Phi) is 5.78. The van der Waals surface area contributed by atoms with Crippen LogP contribution < -0.4 is 15.8 Å². The van der Waals surface area contributed by atoms with E-state index in [9.17, 15) is 0 Å². The van der Waals surface area contributed by atoms with Gasteiger partial charge in [-0.15, -0.1) is 0 Å². The number of aliphatic imine (C=N–C) groups is 1. The van der Waals surface area contributed by atoms with Gasteiger partial charge in [0.15, 0.2) is 5.96 Å². The Balaban J connectivity index is 2.59. The van der Waals surface area contributed by atoms with Crippen LogP contribution in [0.5, 0.6) is 5.75 Å². The van der Waals surface area contributed by atoms with Crippen LogP contribution in [0.4, 0.5) is 5.69 Å². The van der Waals surface area contributed by atoms with Gasteiger partial charge in [0.2, 0.25) is 0 Å². The molecule has 0 unspecified atom stereocenters. The standard InChI is InChI=1S/C13H20ClN3O/c1-9(2)6-7-16-13(15)17-10-4-5-12(18-3)11(14)8-10/h4-5,8-9H,6-7H2,1-3H3,(H3,15,16,17). The second kappa shape index (κ2) is 7.11. The average molecular weight is 270 g/mol. The fraction of sp³-hybridized carbons (Fsp3) is 0.462. The highest BCUT2D eigenvalue weighted by atomic mass is 35.5. The third-order valence-electron chi connectivity index (χ3n) is 2.41. The zero-order chi connectivity index (χ0) is 13.5. The Morgan fingerprint density at radius 1 is 1.50 bits per heavy atom. The summed E-state index contributed by atoms with van der Waals surface area (Å²) < 4.78 is 5.07. The Labute approximate surface area is 113 Å². The Bertz CT molecular complexity index is 419. The van der Waals surface area contributed by atoms with Crippen LogP contribution in [0.15, 0.2) is 23.2 Å². The summed E-state index contributed by atoms with van der Waals surface area (Å²) in [5.41, 5.74) is 6.57. The minimum atomic E-state index is 0.400. The zero-order valence-electron chi connectivity index (χ0n) is 11.0. The molecule has 1 rings (SSSR count). The molecular weight excluding hydrogens is 250 g/mol. The van der Waals surface area contributed by atoms with Crippen LogP contribution in [0.2, 0.25) is 5.02 Å². The number of methoxy groups -OCH3 is 1. The van der Waals surface area contributed by atoms with Crippen LogP contribution in [0, 0.1) is 5.92 Å². The van der Waals surface area contributed by atoms with Crippen LogP contribution in [-0.2, 0) is 0 Å². The number of hydrogen-bond acceptors (Lipinski definition) is 2. The lowest BCUT2D eigenvalue weighted by Crippen LogP contribution is -2.23. The number of hydrogen-bond donors (Lipinski definition) is 2. The summed E-state index contributed by atoms with van der Waals surface area (Å²) in [6.07, 6.45) is 1.02. The normalized spacial score (nSPS) is 11.7.